The minimum absolute atomic E-state index is 0.0293. The average Bonchev–Trinajstić information content (AvgIpc) is 2.40. The van der Waals surface area contributed by atoms with Gasteiger partial charge in [-0.1, -0.05) is 13.8 Å². The number of hydrogen-bond acceptors (Lipinski definition) is 6. The van der Waals surface area contributed by atoms with Gasteiger partial charge in [-0.25, -0.2) is 8.42 Å². The van der Waals surface area contributed by atoms with Gasteiger partial charge in [0, 0.05) is 5.75 Å². The van der Waals surface area contributed by atoms with Gasteiger partial charge in [-0.2, -0.15) is 0 Å². The van der Waals surface area contributed by atoms with E-state index in [9.17, 15) is 18.0 Å². The van der Waals surface area contributed by atoms with E-state index in [0.29, 0.717) is 0 Å². The van der Waals surface area contributed by atoms with E-state index in [1.54, 1.807) is 20.8 Å². The molecule has 0 aromatic rings. The first kappa shape index (κ1) is 18.9. The van der Waals surface area contributed by atoms with Crippen LogP contribution in [0.25, 0.3) is 0 Å². The van der Waals surface area contributed by atoms with Gasteiger partial charge in [-0.15, -0.1) is 0 Å². The van der Waals surface area contributed by atoms with Crippen LogP contribution >= 0.6 is 0 Å². The van der Waals surface area contributed by atoms with Gasteiger partial charge in [-0.3, -0.25) is 9.59 Å². The molecule has 0 spiro atoms. The van der Waals surface area contributed by atoms with Gasteiger partial charge in [0.2, 0.25) is 0 Å². The topological polar surface area (TPSA) is 86.7 Å². The van der Waals surface area contributed by atoms with Gasteiger partial charge in [0.15, 0.2) is 5.41 Å². The van der Waals surface area contributed by atoms with E-state index in [2.05, 4.69) is 0 Å². The Balaban J connectivity index is 5.31. The van der Waals surface area contributed by atoms with Crippen LogP contribution in [0, 0.1) is 5.41 Å². The molecule has 0 N–H and O–H groups in total. The van der Waals surface area contributed by atoms with Gasteiger partial charge in [0.1, 0.15) is 9.84 Å². The van der Waals surface area contributed by atoms with Crippen molar-refractivity contribution < 1.29 is 27.5 Å². The molecular weight excluding hydrogens is 284 g/mol. The molecule has 0 atom stereocenters. The van der Waals surface area contributed by atoms with Crippen LogP contribution in [0.15, 0.2) is 0 Å². The lowest BCUT2D eigenvalue weighted by Gasteiger charge is -2.27. The number of carbonyl (C=O) groups is 2. The quantitative estimate of drug-likeness (QED) is 0.472. The summed E-state index contributed by atoms with van der Waals surface area (Å²) < 4.78 is 33.1. The Kier molecular flexibility index (Phi) is 7.78. The smallest absolute Gasteiger partial charge is 0.323 e. The molecule has 0 aromatic heterocycles. The van der Waals surface area contributed by atoms with Crippen LogP contribution in [0.5, 0.6) is 0 Å². The Morgan fingerprint density at radius 2 is 1.40 bits per heavy atom. The van der Waals surface area contributed by atoms with E-state index in [0.717, 1.165) is 0 Å². The van der Waals surface area contributed by atoms with Crippen molar-refractivity contribution in [2.24, 2.45) is 5.41 Å². The van der Waals surface area contributed by atoms with Crippen LogP contribution in [0.3, 0.4) is 0 Å². The zero-order valence-corrected chi connectivity index (χ0v) is 13.4. The summed E-state index contributed by atoms with van der Waals surface area (Å²) in [6, 6.07) is 0. The highest BCUT2D eigenvalue weighted by Crippen LogP contribution is 2.31. The highest BCUT2D eigenvalue weighted by Gasteiger charge is 2.47. The Labute approximate surface area is 120 Å². The van der Waals surface area contributed by atoms with Crippen molar-refractivity contribution in [3.63, 3.8) is 0 Å². The number of sulfone groups is 1. The van der Waals surface area contributed by atoms with Gasteiger partial charge in [0.05, 0.1) is 19.0 Å². The molecule has 7 heteroatoms. The minimum Gasteiger partial charge on any atom is -0.465 e. The fourth-order valence-electron chi connectivity index (χ4n) is 1.77. The summed E-state index contributed by atoms with van der Waals surface area (Å²) in [6.07, 6.45) is 0.0290. The van der Waals surface area contributed by atoms with E-state index < -0.39 is 27.2 Å². The summed E-state index contributed by atoms with van der Waals surface area (Å²) in [5, 5.41) is 0. The van der Waals surface area contributed by atoms with E-state index in [4.69, 9.17) is 9.47 Å². The van der Waals surface area contributed by atoms with Gasteiger partial charge < -0.3 is 9.47 Å². The molecule has 0 aliphatic carbocycles. The van der Waals surface area contributed by atoms with Crippen molar-refractivity contribution >= 4 is 21.8 Å². The normalized spacial score (nSPS) is 12.0. The van der Waals surface area contributed by atoms with Crippen LogP contribution in [-0.4, -0.2) is 45.1 Å². The Bertz CT molecular complexity index is 408. The zero-order chi connectivity index (χ0) is 15.8. The van der Waals surface area contributed by atoms with Crippen molar-refractivity contribution in [1.29, 1.82) is 0 Å². The van der Waals surface area contributed by atoms with Gasteiger partial charge in [-0.05, 0) is 26.7 Å². The molecule has 0 unspecified atom stereocenters. The van der Waals surface area contributed by atoms with Crippen molar-refractivity contribution in [3.8, 4) is 0 Å². The Morgan fingerprint density at radius 3 is 1.70 bits per heavy atom. The van der Waals surface area contributed by atoms with Crippen molar-refractivity contribution in [2.45, 2.75) is 40.5 Å². The van der Waals surface area contributed by atoms with Crippen LogP contribution in [-0.2, 0) is 28.9 Å². The average molecular weight is 308 g/mol. The summed E-state index contributed by atoms with van der Waals surface area (Å²) in [6.45, 7) is 6.68. The number of ether oxygens (including phenoxy) is 2. The maximum atomic E-state index is 12.1. The predicted molar refractivity (Wildman–Crippen MR) is 74.9 cm³/mol. The molecule has 0 aromatic carbocycles. The molecule has 0 bridgehead atoms. The summed E-state index contributed by atoms with van der Waals surface area (Å²) in [4.78, 5) is 24.2. The molecule has 0 fully saturated rings. The third-order valence-electron chi connectivity index (χ3n) is 3.22. The van der Waals surface area contributed by atoms with Crippen LogP contribution < -0.4 is 0 Å². The van der Waals surface area contributed by atoms with Gasteiger partial charge >= 0.3 is 11.9 Å². The highest BCUT2D eigenvalue weighted by molar-refractivity contribution is 7.91. The SMILES string of the molecule is CCOC(=O)C(CC)(CCS(=O)(=O)CC)C(=O)OCC. The molecule has 0 saturated carbocycles. The summed E-state index contributed by atoms with van der Waals surface area (Å²) >= 11 is 0. The number of esters is 2. The third kappa shape index (κ3) is 4.77. The maximum Gasteiger partial charge on any atom is 0.323 e. The molecule has 0 rings (SSSR count). The van der Waals surface area contributed by atoms with Crippen molar-refractivity contribution in [3.05, 3.63) is 0 Å². The lowest BCUT2D eigenvalue weighted by Crippen LogP contribution is -2.43. The first-order valence-electron chi connectivity index (χ1n) is 6.84. The second-order valence-corrected chi connectivity index (χ2v) is 6.84. The molecule has 0 amide bonds. The largest absolute Gasteiger partial charge is 0.465 e. The minimum atomic E-state index is -3.28. The summed E-state index contributed by atoms with van der Waals surface area (Å²) in [7, 11) is -3.28. The van der Waals surface area contributed by atoms with Crippen LogP contribution in [0.1, 0.15) is 40.5 Å². The first-order valence-corrected chi connectivity index (χ1v) is 8.66. The fourth-order valence-corrected chi connectivity index (χ4v) is 2.71. The molecule has 0 heterocycles. The maximum absolute atomic E-state index is 12.1. The molecule has 0 aliphatic rings. The number of carbonyl (C=O) groups excluding carboxylic acids is 2. The lowest BCUT2D eigenvalue weighted by molar-refractivity contribution is -0.172. The highest BCUT2D eigenvalue weighted by atomic mass is 32.2. The van der Waals surface area contributed by atoms with Crippen molar-refractivity contribution in [2.75, 3.05) is 24.7 Å². The molecule has 0 radical (unpaired) electrons. The van der Waals surface area contributed by atoms with Gasteiger partial charge in [0.25, 0.3) is 0 Å². The number of hydrogen-bond donors (Lipinski definition) is 0. The van der Waals surface area contributed by atoms with Crippen molar-refractivity contribution in [1.82, 2.24) is 0 Å². The second kappa shape index (κ2) is 8.24. The Hall–Kier alpha value is -1.11. The monoisotopic (exact) mass is 308 g/mol. The van der Waals surface area contributed by atoms with E-state index in [1.807, 2.05) is 0 Å². The Morgan fingerprint density at radius 1 is 0.950 bits per heavy atom. The zero-order valence-electron chi connectivity index (χ0n) is 12.6. The summed E-state index contributed by atoms with van der Waals surface area (Å²) in [5.41, 5.74) is -1.53. The molecule has 0 saturated heterocycles. The number of rotatable bonds is 9. The van der Waals surface area contributed by atoms with E-state index in [-0.39, 0.29) is 37.6 Å². The first-order chi connectivity index (χ1) is 9.29. The fraction of sp³-hybridized carbons (Fsp3) is 0.846. The molecule has 20 heavy (non-hydrogen) atoms. The standard InChI is InChI=1S/C13H24O6S/c1-5-13(11(14)18-6-2,12(15)19-7-3)9-10-20(16,17)8-4/h5-10H2,1-4H3. The molecule has 0 aliphatic heterocycles. The van der Waals surface area contributed by atoms with Crippen LogP contribution in [0.2, 0.25) is 0 Å². The molecule has 6 nitrogen and oxygen atoms in total. The molecular formula is C13H24O6S. The molecule has 118 valence electrons. The lowest BCUT2D eigenvalue weighted by atomic mass is 9.82. The van der Waals surface area contributed by atoms with E-state index in [1.165, 1.54) is 6.92 Å². The predicted octanol–water partition coefficient (Wildman–Crippen LogP) is 1.33. The van der Waals surface area contributed by atoms with E-state index >= 15 is 0 Å². The van der Waals surface area contributed by atoms with Crippen LogP contribution in [0.4, 0.5) is 0 Å². The third-order valence-corrected chi connectivity index (χ3v) is 4.92. The summed E-state index contributed by atoms with van der Waals surface area (Å²) in [5.74, 6) is -1.70. The second-order valence-electron chi connectivity index (χ2n) is 4.36.